The highest BCUT2D eigenvalue weighted by molar-refractivity contribution is 6.10. The van der Waals surface area contributed by atoms with Gasteiger partial charge in [-0.3, -0.25) is 9.59 Å². The molecule has 0 aliphatic carbocycles. The molecule has 1 aliphatic heterocycles. The van der Waals surface area contributed by atoms with Gasteiger partial charge in [-0.05, 0) is 70.0 Å². The lowest BCUT2D eigenvalue weighted by Gasteiger charge is -2.32. The van der Waals surface area contributed by atoms with E-state index in [9.17, 15) is 9.59 Å². The third kappa shape index (κ3) is 7.13. The quantitative estimate of drug-likeness (QED) is 0.374. The molecule has 1 aliphatic rings. The fourth-order valence-corrected chi connectivity index (χ4v) is 4.27. The van der Waals surface area contributed by atoms with Gasteiger partial charge in [-0.2, -0.15) is 0 Å². The summed E-state index contributed by atoms with van der Waals surface area (Å²) in [5.41, 5.74) is 8.66. The number of nitrogens with two attached hydrogens (primary N) is 1. The largest absolute Gasteiger partial charge is 0.492 e. The lowest BCUT2D eigenvalue weighted by molar-refractivity contribution is -0.132. The Morgan fingerprint density at radius 3 is 2.47 bits per heavy atom. The molecule has 0 radical (unpaired) electrons. The van der Waals surface area contributed by atoms with Gasteiger partial charge in [-0.15, -0.1) is 0 Å². The van der Waals surface area contributed by atoms with Crippen molar-refractivity contribution in [2.45, 2.75) is 39.5 Å². The van der Waals surface area contributed by atoms with E-state index in [4.69, 9.17) is 15.2 Å². The van der Waals surface area contributed by atoms with Gasteiger partial charge >= 0.3 is 0 Å². The fourth-order valence-electron chi connectivity index (χ4n) is 4.27. The molecule has 0 unspecified atom stereocenters. The van der Waals surface area contributed by atoms with E-state index in [1.54, 1.807) is 30.1 Å². The van der Waals surface area contributed by atoms with Crippen LogP contribution in [0.5, 0.6) is 11.5 Å². The predicted molar refractivity (Wildman–Crippen MR) is 144 cm³/mol. The number of hydrogen-bond acceptors (Lipinski definition) is 6. The van der Waals surface area contributed by atoms with Gasteiger partial charge in [-0.1, -0.05) is 12.1 Å². The van der Waals surface area contributed by atoms with Gasteiger partial charge in [0, 0.05) is 39.6 Å². The minimum atomic E-state index is -0.231. The zero-order valence-electron chi connectivity index (χ0n) is 22.1. The Kier molecular flexibility index (Phi) is 9.99. The number of nitrogens with zero attached hydrogens (tertiary/aromatic N) is 3. The van der Waals surface area contributed by atoms with Crippen molar-refractivity contribution in [3.05, 3.63) is 47.5 Å². The summed E-state index contributed by atoms with van der Waals surface area (Å²) in [6.07, 6.45) is 3.18. The van der Waals surface area contributed by atoms with Crippen LogP contribution in [0.1, 0.15) is 48.5 Å². The molecule has 2 N–H and O–H groups in total. The highest BCUT2D eigenvalue weighted by Crippen LogP contribution is 2.32. The minimum Gasteiger partial charge on any atom is -0.492 e. The molecule has 36 heavy (non-hydrogen) atoms. The zero-order valence-corrected chi connectivity index (χ0v) is 22.1. The second-order valence-electron chi connectivity index (χ2n) is 9.33. The maximum absolute atomic E-state index is 13.3. The molecule has 8 nitrogen and oxygen atoms in total. The molecule has 1 heterocycles. The van der Waals surface area contributed by atoms with E-state index in [1.807, 2.05) is 36.9 Å². The maximum atomic E-state index is 13.3. The van der Waals surface area contributed by atoms with E-state index >= 15 is 0 Å². The van der Waals surface area contributed by atoms with Crippen molar-refractivity contribution in [2.75, 3.05) is 64.1 Å². The van der Waals surface area contributed by atoms with E-state index in [0.29, 0.717) is 48.1 Å². The van der Waals surface area contributed by atoms with E-state index < -0.39 is 0 Å². The normalized spacial score (nSPS) is 13.9. The second kappa shape index (κ2) is 13.2. The number of para-hydroxylation sites is 1. The smallest absolute Gasteiger partial charge is 0.260 e. The van der Waals surface area contributed by atoms with Crippen molar-refractivity contribution >= 4 is 23.2 Å². The first kappa shape index (κ1) is 27.3. The van der Waals surface area contributed by atoms with Gasteiger partial charge in [0.2, 0.25) is 5.91 Å². The van der Waals surface area contributed by atoms with Crippen LogP contribution in [-0.2, 0) is 4.79 Å². The summed E-state index contributed by atoms with van der Waals surface area (Å²) in [5.74, 6) is 1.17. The lowest BCUT2D eigenvalue weighted by atomic mass is 10.1. The summed E-state index contributed by atoms with van der Waals surface area (Å²) in [7, 11) is 3.81. The second-order valence-corrected chi connectivity index (χ2v) is 9.33. The minimum absolute atomic E-state index is 0.231. The van der Waals surface area contributed by atoms with Crippen LogP contribution in [0.3, 0.4) is 0 Å². The Bertz CT molecular complexity index is 1030. The van der Waals surface area contributed by atoms with Crippen molar-refractivity contribution < 1.29 is 19.1 Å². The van der Waals surface area contributed by atoms with Crippen molar-refractivity contribution in [1.82, 2.24) is 9.80 Å². The molecule has 0 saturated carbocycles. The average Bonchev–Trinajstić information content (AvgIpc) is 2.87. The Morgan fingerprint density at radius 2 is 1.75 bits per heavy atom. The molecule has 1 saturated heterocycles. The standard InChI is InChI=1S/C28H40N4O4/c1-5-35-24-11-9-10-22(27(24)29)28(34)31(4)23-14-13-21(2)20-25(23)36-19-8-6-7-12-26(33)32-17-15-30(3)16-18-32/h9-11,13-14,20H,5-8,12,15-19,29H2,1-4H3. The molecular weight excluding hydrogens is 456 g/mol. The summed E-state index contributed by atoms with van der Waals surface area (Å²) in [6, 6.07) is 11.0. The Hall–Kier alpha value is -3.26. The molecule has 0 spiro atoms. The van der Waals surface area contributed by atoms with Crippen LogP contribution < -0.4 is 20.1 Å². The molecular formula is C28H40N4O4. The lowest BCUT2D eigenvalue weighted by Crippen LogP contribution is -2.47. The topological polar surface area (TPSA) is 88.3 Å². The Balaban J connectivity index is 1.54. The highest BCUT2D eigenvalue weighted by atomic mass is 16.5. The fraction of sp³-hybridized carbons (Fsp3) is 0.500. The van der Waals surface area contributed by atoms with Gasteiger partial charge in [0.05, 0.1) is 30.2 Å². The van der Waals surface area contributed by atoms with Crippen LogP contribution in [0.4, 0.5) is 11.4 Å². The first-order valence-electron chi connectivity index (χ1n) is 12.8. The van der Waals surface area contributed by atoms with E-state index in [2.05, 4.69) is 11.9 Å². The van der Waals surface area contributed by atoms with Gasteiger partial charge in [0.1, 0.15) is 11.5 Å². The van der Waals surface area contributed by atoms with Crippen molar-refractivity contribution in [2.24, 2.45) is 0 Å². The number of likely N-dealkylation sites (N-methyl/N-ethyl adjacent to an activating group) is 1. The van der Waals surface area contributed by atoms with E-state index in [-0.39, 0.29) is 11.8 Å². The number of aryl methyl sites for hydroxylation is 1. The summed E-state index contributed by atoms with van der Waals surface area (Å²) < 4.78 is 11.6. The molecule has 0 aromatic heterocycles. The van der Waals surface area contributed by atoms with Gasteiger partial charge in [-0.25, -0.2) is 0 Å². The number of hydrogen-bond donors (Lipinski definition) is 1. The molecule has 8 heteroatoms. The number of benzene rings is 2. The predicted octanol–water partition coefficient (Wildman–Crippen LogP) is 3.97. The van der Waals surface area contributed by atoms with Crippen LogP contribution in [0.25, 0.3) is 0 Å². The molecule has 0 atom stereocenters. The number of rotatable bonds is 11. The first-order valence-corrected chi connectivity index (χ1v) is 12.8. The van der Waals surface area contributed by atoms with Crippen molar-refractivity contribution in [3.63, 3.8) is 0 Å². The van der Waals surface area contributed by atoms with Crippen LogP contribution in [0.15, 0.2) is 36.4 Å². The Morgan fingerprint density at radius 1 is 1.00 bits per heavy atom. The van der Waals surface area contributed by atoms with Gasteiger partial charge < -0.3 is 29.9 Å². The molecule has 2 aromatic rings. The molecule has 1 fully saturated rings. The summed E-state index contributed by atoms with van der Waals surface area (Å²) in [4.78, 5) is 31.5. The molecule has 196 valence electrons. The van der Waals surface area contributed by atoms with Crippen molar-refractivity contribution in [3.8, 4) is 11.5 Å². The van der Waals surface area contributed by atoms with Gasteiger partial charge in [0.15, 0.2) is 0 Å². The number of piperazine rings is 1. The SMILES string of the molecule is CCOc1cccc(C(=O)N(C)c2ccc(C)cc2OCCCCCC(=O)N2CCN(C)CC2)c1N. The Labute approximate surface area is 214 Å². The van der Waals surface area contributed by atoms with E-state index in [1.165, 1.54) is 0 Å². The number of unbranched alkanes of at least 4 members (excludes halogenated alkanes) is 2. The number of ether oxygens (including phenoxy) is 2. The van der Waals surface area contributed by atoms with Gasteiger partial charge in [0.25, 0.3) is 5.91 Å². The van der Waals surface area contributed by atoms with Crippen LogP contribution in [0.2, 0.25) is 0 Å². The first-order chi connectivity index (χ1) is 17.3. The number of anilines is 2. The molecule has 2 aromatic carbocycles. The average molecular weight is 497 g/mol. The summed E-state index contributed by atoms with van der Waals surface area (Å²) in [6.45, 7) is 8.39. The highest BCUT2D eigenvalue weighted by Gasteiger charge is 2.21. The molecule has 0 bridgehead atoms. The van der Waals surface area contributed by atoms with Crippen LogP contribution in [0, 0.1) is 6.92 Å². The van der Waals surface area contributed by atoms with E-state index in [0.717, 1.165) is 51.0 Å². The third-order valence-corrected chi connectivity index (χ3v) is 6.53. The third-order valence-electron chi connectivity index (χ3n) is 6.53. The number of amides is 2. The zero-order chi connectivity index (χ0) is 26.1. The summed E-state index contributed by atoms with van der Waals surface area (Å²) >= 11 is 0. The molecule has 2 amide bonds. The molecule has 3 rings (SSSR count). The maximum Gasteiger partial charge on any atom is 0.260 e. The number of carbonyl (C=O) groups excluding carboxylic acids is 2. The number of carbonyl (C=O) groups is 2. The number of nitrogen functional groups attached to an aromatic ring is 1. The monoisotopic (exact) mass is 496 g/mol. The van der Waals surface area contributed by atoms with Crippen LogP contribution >= 0.6 is 0 Å². The van der Waals surface area contributed by atoms with Crippen molar-refractivity contribution in [1.29, 1.82) is 0 Å². The van der Waals surface area contributed by atoms with Crippen LogP contribution in [-0.4, -0.2) is 75.1 Å². The summed E-state index contributed by atoms with van der Waals surface area (Å²) in [5, 5.41) is 0.